The fraction of sp³-hybridized carbons (Fsp3) is 0.296. The van der Waals surface area contributed by atoms with E-state index < -0.39 is 18.0 Å². The first-order valence-electron chi connectivity index (χ1n) is 12.1. The zero-order chi connectivity index (χ0) is 26.1. The van der Waals surface area contributed by atoms with Gasteiger partial charge in [-0.1, -0.05) is 41.9 Å². The van der Waals surface area contributed by atoms with Crippen LogP contribution in [-0.2, 0) is 27.3 Å². The summed E-state index contributed by atoms with van der Waals surface area (Å²) in [4.78, 5) is 51.7. The molecule has 10 heteroatoms. The van der Waals surface area contributed by atoms with Crippen molar-refractivity contribution >= 4 is 35.2 Å². The highest BCUT2D eigenvalue weighted by Crippen LogP contribution is 2.28. The maximum absolute atomic E-state index is 13.6. The number of aromatic nitrogens is 2. The third kappa shape index (κ3) is 5.27. The molecule has 0 bridgehead atoms. The lowest BCUT2D eigenvalue weighted by atomic mass is 9.91. The van der Waals surface area contributed by atoms with Gasteiger partial charge in [0.05, 0.1) is 5.69 Å². The number of nitrogens with one attached hydrogen (secondary N) is 3. The quantitative estimate of drug-likeness (QED) is 0.447. The minimum Gasteiger partial charge on any atom is -0.344 e. The Balaban J connectivity index is 1.36. The van der Waals surface area contributed by atoms with E-state index in [1.165, 1.54) is 0 Å². The number of imide groups is 1. The summed E-state index contributed by atoms with van der Waals surface area (Å²) in [6.07, 6.45) is 0.957. The number of carbonyl (C=O) groups excluding carboxylic acids is 4. The van der Waals surface area contributed by atoms with E-state index in [1.54, 1.807) is 17.0 Å². The highest BCUT2D eigenvalue weighted by atomic mass is 35.5. The lowest BCUT2D eigenvalue weighted by molar-refractivity contribution is -0.137. The summed E-state index contributed by atoms with van der Waals surface area (Å²) in [6, 6.07) is 13.9. The van der Waals surface area contributed by atoms with Gasteiger partial charge in [0.25, 0.3) is 5.91 Å². The van der Waals surface area contributed by atoms with Crippen molar-refractivity contribution in [3.05, 3.63) is 75.9 Å². The predicted octanol–water partition coefficient (Wildman–Crippen LogP) is 2.92. The van der Waals surface area contributed by atoms with Crippen LogP contribution in [0.3, 0.4) is 0 Å². The molecule has 190 valence electrons. The molecule has 9 nitrogen and oxygen atoms in total. The molecule has 2 atom stereocenters. The molecule has 1 unspecified atom stereocenters. The number of piperidine rings is 1. The standard InChI is InChI=1S/C27H26ClN5O4/c1-15-10-17(6-7-20(15)28)22-13-23(32-31-22)27(37)33-14-18-5-3-2-4-16(18)11-19(33)12-25(35)29-21-8-9-24(34)30-26(21)36/h2-7,10,13,19,21H,8-9,11-12,14H2,1H3,(H,29,35)(H,31,32)(H,30,34,36)/t19-,21?/m0/s1. The second-order valence-electron chi connectivity index (χ2n) is 9.47. The van der Waals surface area contributed by atoms with E-state index in [4.69, 9.17) is 11.6 Å². The first-order chi connectivity index (χ1) is 17.8. The molecule has 2 aliphatic heterocycles. The number of rotatable bonds is 5. The summed E-state index contributed by atoms with van der Waals surface area (Å²) in [7, 11) is 0. The van der Waals surface area contributed by atoms with Gasteiger partial charge in [0, 0.05) is 36.0 Å². The molecule has 1 saturated heterocycles. The maximum Gasteiger partial charge on any atom is 0.272 e. The van der Waals surface area contributed by atoms with Crippen molar-refractivity contribution in [1.82, 2.24) is 25.7 Å². The van der Waals surface area contributed by atoms with Crippen molar-refractivity contribution in [3.8, 4) is 11.3 Å². The predicted molar refractivity (Wildman–Crippen MR) is 137 cm³/mol. The van der Waals surface area contributed by atoms with Crippen LogP contribution in [0.5, 0.6) is 0 Å². The molecule has 5 rings (SSSR count). The maximum atomic E-state index is 13.6. The first kappa shape index (κ1) is 24.7. The summed E-state index contributed by atoms with van der Waals surface area (Å²) in [5.74, 6) is -1.46. The number of fused-ring (bicyclic) bond motifs is 1. The fourth-order valence-corrected chi connectivity index (χ4v) is 4.96. The molecule has 1 fully saturated rings. The lowest BCUT2D eigenvalue weighted by Gasteiger charge is -2.36. The average Bonchev–Trinajstić information content (AvgIpc) is 3.37. The number of benzene rings is 2. The summed E-state index contributed by atoms with van der Waals surface area (Å²) < 4.78 is 0. The van der Waals surface area contributed by atoms with Crippen molar-refractivity contribution in [1.29, 1.82) is 0 Å². The second kappa shape index (κ2) is 10.2. The van der Waals surface area contributed by atoms with E-state index in [9.17, 15) is 19.2 Å². The van der Waals surface area contributed by atoms with Crippen LogP contribution in [0.4, 0.5) is 0 Å². The van der Waals surface area contributed by atoms with Crippen LogP contribution in [-0.4, -0.2) is 50.8 Å². The van der Waals surface area contributed by atoms with Crippen molar-refractivity contribution in [2.75, 3.05) is 0 Å². The van der Waals surface area contributed by atoms with Gasteiger partial charge in [-0.2, -0.15) is 5.10 Å². The molecule has 3 aromatic rings. The molecule has 4 amide bonds. The molecular weight excluding hydrogens is 494 g/mol. The molecule has 0 saturated carbocycles. The van der Waals surface area contributed by atoms with E-state index in [1.807, 2.05) is 43.3 Å². The van der Waals surface area contributed by atoms with Crippen LogP contribution in [0.2, 0.25) is 5.02 Å². The fourth-order valence-electron chi connectivity index (χ4n) is 4.84. The van der Waals surface area contributed by atoms with Crippen LogP contribution >= 0.6 is 11.6 Å². The number of amides is 4. The minimum absolute atomic E-state index is 0.0230. The summed E-state index contributed by atoms with van der Waals surface area (Å²) in [6.45, 7) is 2.25. The number of H-pyrrole nitrogens is 1. The van der Waals surface area contributed by atoms with Gasteiger partial charge >= 0.3 is 0 Å². The number of aromatic amines is 1. The Bertz CT molecular complexity index is 1400. The van der Waals surface area contributed by atoms with Crippen LogP contribution < -0.4 is 10.6 Å². The Morgan fingerprint density at radius 1 is 1.14 bits per heavy atom. The van der Waals surface area contributed by atoms with Gasteiger partial charge in [-0.25, -0.2) is 0 Å². The highest BCUT2D eigenvalue weighted by molar-refractivity contribution is 6.31. The normalized spacial score (nSPS) is 19.2. The molecule has 0 spiro atoms. The Morgan fingerprint density at radius 2 is 1.92 bits per heavy atom. The summed E-state index contributed by atoms with van der Waals surface area (Å²) in [5.41, 5.74) is 4.77. The highest BCUT2D eigenvalue weighted by Gasteiger charge is 2.34. The molecule has 2 aliphatic rings. The zero-order valence-electron chi connectivity index (χ0n) is 20.2. The van der Waals surface area contributed by atoms with Gasteiger partial charge in [-0.05, 0) is 54.7 Å². The van der Waals surface area contributed by atoms with Gasteiger partial charge in [0.15, 0.2) is 0 Å². The summed E-state index contributed by atoms with van der Waals surface area (Å²) in [5, 5.41) is 12.8. The summed E-state index contributed by atoms with van der Waals surface area (Å²) >= 11 is 6.14. The molecule has 1 aromatic heterocycles. The van der Waals surface area contributed by atoms with Crippen LogP contribution in [0, 0.1) is 6.92 Å². The van der Waals surface area contributed by atoms with E-state index in [2.05, 4.69) is 20.8 Å². The molecule has 3 N–H and O–H groups in total. The SMILES string of the molecule is Cc1cc(-c2cc(C(=O)N3Cc4ccccc4C[C@H]3CC(=O)NC3CCC(=O)NC3=O)[nH]n2)ccc1Cl. The number of aryl methyl sites for hydroxylation is 1. The van der Waals surface area contributed by atoms with Crippen molar-refractivity contribution < 1.29 is 19.2 Å². The topological polar surface area (TPSA) is 124 Å². The van der Waals surface area contributed by atoms with Crippen LogP contribution in [0.1, 0.15) is 46.4 Å². The van der Waals surface area contributed by atoms with Crippen LogP contribution in [0.25, 0.3) is 11.3 Å². The zero-order valence-corrected chi connectivity index (χ0v) is 21.0. The lowest BCUT2D eigenvalue weighted by Crippen LogP contribution is -2.53. The molecule has 0 radical (unpaired) electrons. The molecule has 37 heavy (non-hydrogen) atoms. The Morgan fingerprint density at radius 3 is 2.68 bits per heavy atom. The average molecular weight is 520 g/mol. The first-order valence-corrected chi connectivity index (χ1v) is 12.5. The van der Waals surface area contributed by atoms with Gasteiger partial charge in [-0.15, -0.1) is 0 Å². The Labute approximate surface area is 218 Å². The largest absolute Gasteiger partial charge is 0.344 e. The van der Waals surface area contributed by atoms with Crippen molar-refractivity contribution in [2.45, 2.75) is 51.2 Å². The molecule has 3 heterocycles. The molecule has 0 aliphatic carbocycles. The van der Waals surface area contributed by atoms with E-state index in [0.29, 0.717) is 29.4 Å². The van der Waals surface area contributed by atoms with Gasteiger partial charge in [0.1, 0.15) is 11.7 Å². The van der Waals surface area contributed by atoms with E-state index in [-0.39, 0.29) is 37.0 Å². The second-order valence-corrected chi connectivity index (χ2v) is 9.87. The number of halogens is 1. The Hall–Kier alpha value is -3.98. The Kier molecular flexibility index (Phi) is 6.80. The number of hydrogen-bond acceptors (Lipinski definition) is 5. The van der Waals surface area contributed by atoms with E-state index in [0.717, 1.165) is 22.3 Å². The van der Waals surface area contributed by atoms with Gasteiger partial charge in [-0.3, -0.25) is 29.6 Å². The monoisotopic (exact) mass is 519 g/mol. The third-order valence-corrected chi connectivity index (χ3v) is 7.30. The molecule has 2 aromatic carbocycles. The van der Waals surface area contributed by atoms with E-state index >= 15 is 0 Å². The minimum atomic E-state index is -0.761. The van der Waals surface area contributed by atoms with Crippen molar-refractivity contribution in [3.63, 3.8) is 0 Å². The van der Waals surface area contributed by atoms with Gasteiger partial charge in [0.2, 0.25) is 17.7 Å². The number of nitrogens with zero attached hydrogens (tertiary/aromatic N) is 2. The third-order valence-electron chi connectivity index (χ3n) is 6.87. The van der Waals surface area contributed by atoms with Crippen molar-refractivity contribution in [2.24, 2.45) is 0 Å². The van der Waals surface area contributed by atoms with Gasteiger partial charge < -0.3 is 10.2 Å². The smallest absolute Gasteiger partial charge is 0.272 e. The number of hydrogen-bond donors (Lipinski definition) is 3. The van der Waals surface area contributed by atoms with Crippen LogP contribution in [0.15, 0.2) is 48.5 Å². The molecular formula is C27H26ClN5O4. The number of carbonyl (C=O) groups is 4.